The summed E-state index contributed by atoms with van der Waals surface area (Å²) >= 11 is 7.15. The van der Waals surface area contributed by atoms with Crippen LogP contribution in [-0.2, 0) is 4.74 Å². The number of fused-ring (bicyclic) bond motifs is 1. The topological polar surface area (TPSA) is 52.1 Å². The van der Waals surface area contributed by atoms with Crippen LogP contribution in [0, 0.1) is 0 Å². The van der Waals surface area contributed by atoms with Crippen LogP contribution in [-0.4, -0.2) is 22.5 Å². The molecule has 0 atom stereocenters. The Hall–Kier alpha value is -1.98. The van der Waals surface area contributed by atoms with Gasteiger partial charge in [-0.3, -0.25) is 0 Å². The molecule has 2 aromatic heterocycles. The van der Waals surface area contributed by atoms with Gasteiger partial charge >= 0.3 is 5.97 Å². The first-order valence-electron chi connectivity index (χ1n) is 6.36. The van der Waals surface area contributed by atoms with Crippen LogP contribution < -0.4 is 0 Å². The standard InChI is InChI=1S/C15H11ClN2O2S/c1-2-20-15(19)14-18-12(8-21-14)10-3-5-11-9(7-10)4-6-13(16)17-11/h3-8H,2H2,1H3. The zero-order valence-electron chi connectivity index (χ0n) is 11.2. The van der Waals surface area contributed by atoms with Gasteiger partial charge < -0.3 is 4.74 Å². The third-order valence-electron chi connectivity index (χ3n) is 2.91. The summed E-state index contributed by atoms with van der Waals surface area (Å²) in [7, 11) is 0. The van der Waals surface area contributed by atoms with Crippen LogP contribution in [0.1, 0.15) is 16.7 Å². The average molecular weight is 319 g/mol. The molecule has 0 bridgehead atoms. The van der Waals surface area contributed by atoms with E-state index in [1.54, 1.807) is 13.0 Å². The number of nitrogens with zero attached hydrogens (tertiary/aromatic N) is 2. The number of halogens is 1. The van der Waals surface area contributed by atoms with E-state index in [0.717, 1.165) is 22.2 Å². The Morgan fingerprint density at radius 2 is 2.14 bits per heavy atom. The van der Waals surface area contributed by atoms with Crippen molar-refractivity contribution >= 4 is 39.8 Å². The molecule has 0 unspecified atom stereocenters. The van der Waals surface area contributed by atoms with Gasteiger partial charge in [-0.1, -0.05) is 17.7 Å². The number of rotatable bonds is 3. The van der Waals surface area contributed by atoms with Crippen molar-refractivity contribution in [2.24, 2.45) is 0 Å². The Kier molecular flexibility index (Phi) is 3.86. The molecule has 3 aromatic rings. The van der Waals surface area contributed by atoms with Crippen LogP contribution in [0.15, 0.2) is 35.7 Å². The molecular formula is C15H11ClN2O2S. The van der Waals surface area contributed by atoms with Gasteiger partial charge in [-0.2, -0.15) is 0 Å². The Bertz CT molecular complexity index is 816. The fourth-order valence-corrected chi connectivity index (χ4v) is 2.83. The number of carbonyl (C=O) groups is 1. The third-order valence-corrected chi connectivity index (χ3v) is 3.94. The molecule has 106 valence electrons. The second kappa shape index (κ2) is 5.79. The Morgan fingerprint density at radius 1 is 1.29 bits per heavy atom. The number of esters is 1. The fraction of sp³-hybridized carbons (Fsp3) is 0.133. The summed E-state index contributed by atoms with van der Waals surface area (Å²) in [5.74, 6) is -0.386. The first-order chi connectivity index (χ1) is 10.2. The summed E-state index contributed by atoms with van der Waals surface area (Å²) in [5, 5.41) is 3.65. The molecular weight excluding hydrogens is 308 g/mol. The third kappa shape index (κ3) is 2.89. The maximum Gasteiger partial charge on any atom is 0.367 e. The van der Waals surface area contributed by atoms with Crippen molar-refractivity contribution in [3.8, 4) is 11.3 Å². The van der Waals surface area contributed by atoms with Gasteiger partial charge in [-0.25, -0.2) is 14.8 Å². The van der Waals surface area contributed by atoms with Crippen molar-refractivity contribution in [3.05, 3.63) is 45.9 Å². The van der Waals surface area contributed by atoms with E-state index in [2.05, 4.69) is 9.97 Å². The first-order valence-corrected chi connectivity index (χ1v) is 7.62. The van der Waals surface area contributed by atoms with Crippen molar-refractivity contribution in [1.29, 1.82) is 0 Å². The van der Waals surface area contributed by atoms with Gasteiger partial charge in [0.2, 0.25) is 5.01 Å². The number of thiazole rings is 1. The fourth-order valence-electron chi connectivity index (χ4n) is 1.95. The maximum absolute atomic E-state index is 11.6. The summed E-state index contributed by atoms with van der Waals surface area (Å²) in [6, 6.07) is 9.43. The molecule has 0 spiro atoms. The van der Waals surface area contributed by atoms with E-state index in [0.29, 0.717) is 16.8 Å². The number of pyridine rings is 1. The molecule has 4 nitrogen and oxygen atoms in total. The van der Waals surface area contributed by atoms with E-state index in [-0.39, 0.29) is 5.97 Å². The molecule has 3 rings (SSSR count). The molecule has 0 fully saturated rings. The van der Waals surface area contributed by atoms with Crippen molar-refractivity contribution < 1.29 is 9.53 Å². The Labute approximate surface area is 130 Å². The van der Waals surface area contributed by atoms with E-state index < -0.39 is 0 Å². The smallest absolute Gasteiger partial charge is 0.367 e. The lowest BCUT2D eigenvalue weighted by atomic mass is 10.1. The Balaban J connectivity index is 1.97. The van der Waals surface area contributed by atoms with Gasteiger partial charge in [0.1, 0.15) is 5.15 Å². The molecule has 6 heteroatoms. The molecule has 0 aliphatic heterocycles. The number of carbonyl (C=O) groups excluding carboxylic acids is 1. The summed E-state index contributed by atoms with van der Waals surface area (Å²) in [4.78, 5) is 20.2. The minimum absolute atomic E-state index is 0.343. The van der Waals surface area contributed by atoms with E-state index in [4.69, 9.17) is 16.3 Å². The molecule has 0 aliphatic rings. The molecule has 0 amide bonds. The second-order valence-electron chi connectivity index (χ2n) is 4.30. The van der Waals surface area contributed by atoms with Crippen molar-refractivity contribution in [2.45, 2.75) is 6.92 Å². The minimum Gasteiger partial charge on any atom is -0.461 e. The number of aromatic nitrogens is 2. The summed E-state index contributed by atoms with van der Waals surface area (Å²) in [6.07, 6.45) is 0. The second-order valence-corrected chi connectivity index (χ2v) is 5.55. The number of hydrogen-bond acceptors (Lipinski definition) is 5. The highest BCUT2D eigenvalue weighted by Gasteiger charge is 2.13. The highest BCUT2D eigenvalue weighted by Crippen LogP contribution is 2.26. The van der Waals surface area contributed by atoms with Crippen molar-refractivity contribution in [3.63, 3.8) is 0 Å². The molecule has 1 aromatic carbocycles. The summed E-state index contributed by atoms with van der Waals surface area (Å²) in [5.41, 5.74) is 2.51. The summed E-state index contributed by atoms with van der Waals surface area (Å²) in [6.45, 7) is 2.12. The quantitative estimate of drug-likeness (QED) is 0.537. The molecule has 0 radical (unpaired) electrons. The van der Waals surface area contributed by atoms with Crippen molar-refractivity contribution in [2.75, 3.05) is 6.61 Å². The highest BCUT2D eigenvalue weighted by atomic mass is 35.5. The van der Waals surface area contributed by atoms with Crippen LogP contribution in [0.5, 0.6) is 0 Å². The van der Waals surface area contributed by atoms with Crippen molar-refractivity contribution in [1.82, 2.24) is 9.97 Å². The SMILES string of the molecule is CCOC(=O)c1nc(-c2ccc3nc(Cl)ccc3c2)cs1. The van der Waals surface area contributed by atoms with Crippen LogP contribution in [0.4, 0.5) is 0 Å². The molecule has 0 N–H and O–H groups in total. The van der Waals surface area contributed by atoms with E-state index >= 15 is 0 Å². The molecule has 0 aliphatic carbocycles. The van der Waals surface area contributed by atoms with Gasteiger partial charge in [-0.15, -0.1) is 11.3 Å². The van der Waals surface area contributed by atoms with Gasteiger partial charge in [0.25, 0.3) is 0 Å². The highest BCUT2D eigenvalue weighted by molar-refractivity contribution is 7.11. The minimum atomic E-state index is -0.386. The molecule has 0 saturated carbocycles. The molecule has 2 heterocycles. The predicted octanol–water partition coefficient (Wildman–Crippen LogP) is 4.19. The van der Waals surface area contributed by atoms with Gasteiger partial charge in [0.15, 0.2) is 0 Å². The summed E-state index contributed by atoms with van der Waals surface area (Å²) < 4.78 is 4.94. The lowest BCUT2D eigenvalue weighted by Crippen LogP contribution is -2.03. The van der Waals surface area contributed by atoms with Crippen LogP contribution in [0.2, 0.25) is 5.15 Å². The van der Waals surface area contributed by atoms with Gasteiger partial charge in [0.05, 0.1) is 17.8 Å². The van der Waals surface area contributed by atoms with E-state index in [1.165, 1.54) is 11.3 Å². The Morgan fingerprint density at radius 3 is 2.95 bits per heavy atom. The number of benzene rings is 1. The average Bonchev–Trinajstić information content (AvgIpc) is 2.97. The first kappa shape index (κ1) is 14.0. The maximum atomic E-state index is 11.6. The lowest BCUT2D eigenvalue weighted by Gasteiger charge is -2.01. The zero-order valence-corrected chi connectivity index (χ0v) is 12.7. The van der Waals surface area contributed by atoms with Crippen LogP contribution >= 0.6 is 22.9 Å². The normalized spacial score (nSPS) is 10.8. The lowest BCUT2D eigenvalue weighted by molar-refractivity contribution is 0.0526. The van der Waals surface area contributed by atoms with Gasteiger partial charge in [-0.05, 0) is 31.2 Å². The van der Waals surface area contributed by atoms with Crippen LogP contribution in [0.3, 0.4) is 0 Å². The van der Waals surface area contributed by atoms with E-state index in [1.807, 2.05) is 29.6 Å². The monoisotopic (exact) mass is 318 g/mol. The molecule has 21 heavy (non-hydrogen) atoms. The number of ether oxygens (including phenoxy) is 1. The van der Waals surface area contributed by atoms with Gasteiger partial charge in [0, 0.05) is 16.3 Å². The predicted molar refractivity (Wildman–Crippen MR) is 83.8 cm³/mol. The van der Waals surface area contributed by atoms with E-state index in [9.17, 15) is 4.79 Å². The molecule has 0 saturated heterocycles. The number of hydrogen-bond donors (Lipinski definition) is 0. The van der Waals surface area contributed by atoms with Crippen LogP contribution in [0.25, 0.3) is 22.2 Å². The largest absolute Gasteiger partial charge is 0.461 e. The zero-order chi connectivity index (χ0) is 14.8.